The number of anilines is 2. The number of hydrogen-bond acceptors (Lipinski definition) is 7. The van der Waals surface area contributed by atoms with Crippen molar-refractivity contribution in [2.45, 2.75) is 38.6 Å². The molecule has 9 nitrogen and oxygen atoms in total. The molecule has 9 heteroatoms. The van der Waals surface area contributed by atoms with Crippen molar-refractivity contribution < 1.29 is 9.84 Å². The highest BCUT2D eigenvalue weighted by Gasteiger charge is 2.23. The van der Waals surface area contributed by atoms with Crippen molar-refractivity contribution in [3.8, 4) is 16.9 Å². The fourth-order valence-corrected chi connectivity index (χ4v) is 5.40. The van der Waals surface area contributed by atoms with Crippen LogP contribution >= 0.6 is 0 Å². The topological polar surface area (TPSA) is 113 Å². The van der Waals surface area contributed by atoms with E-state index in [1.54, 1.807) is 24.4 Å². The van der Waals surface area contributed by atoms with E-state index in [1.165, 1.54) is 18.5 Å². The molecule has 6 rings (SSSR count). The second kappa shape index (κ2) is 10.3. The van der Waals surface area contributed by atoms with Crippen molar-refractivity contribution in [2.24, 2.45) is 10.7 Å². The number of phenols is 1. The zero-order valence-electron chi connectivity index (χ0n) is 21.6. The van der Waals surface area contributed by atoms with Crippen LogP contribution in [0.3, 0.4) is 0 Å². The van der Waals surface area contributed by atoms with Gasteiger partial charge in [-0.05, 0) is 61.6 Å². The Kier molecular flexibility index (Phi) is 6.59. The molecule has 2 aliphatic heterocycles. The van der Waals surface area contributed by atoms with Crippen molar-refractivity contribution in [2.75, 3.05) is 36.5 Å². The van der Waals surface area contributed by atoms with E-state index in [0.717, 1.165) is 71.7 Å². The number of hydrogen-bond donors (Lipinski definition) is 3. The van der Waals surface area contributed by atoms with Gasteiger partial charge in [0.05, 0.1) is 41.3 Å². The molecule has 0 spiro atoms. The fourth-order valence-electron chi connectivity index (χ4n) is 5.40. The molecular formula is C29H33N7O2. The lowest BCUT2D eigenvalue weighted by Crippen LogP contribution is -2.24. The van der Waals surface area contributed by atoms with Gasteiger partial charge in [-0.3, -0.25) is 4.98 Å². The minimum Gasteiger partial charge on any atom is -0.508 e. The molecule has 1 unspecified atom stereocenters. The minimum atomic E-state index is 0.171. The van der Waals surface area contributed by atoms with Crippen LogP contribution in [0.1, 0.15) is 37.3 Å². The first-order valence-corrected chi connectivity index (χ1v) is 13.3. The first-order valence-electron chi connectivity index (χ1n) is 13.3. The van der Waals surface area contributed by atoms with E-state index in [1.807, 2.05) is 23.8 Å². The second-order valence-corrected chi connectivity index (χ2v) is 9.95. The lowest BCUT2D eigenvalue weighted by atomic mass is 10.1. The standard InChI is InChI=1S/C29H33N7O2/c1-2-19-13-22(37)5-6-25(19)34-29(30)24-16-32-36-17-20(14-27(36)28(24)33-21-8-12-38-18-21)23-15-31-9-7-26(23)35-10-3-4-11-35/h5-7,9,13-17,21,33,37H,2-4,8,10-12,18H2,1H3,(H2,30,34). The number of nitrogens with zero attached hydrogens (tertiary/aromatic N) is 5. The number of fused-ring (bicyclic) bond motifs is 1. The number of amidine groups is 1. The third-order valence-corrected chi connectivity index (χ3v) is 7.43. The number of aromatic nitrogens is 3. The summed E-state index contributed by atoms with van der Waals surface area (Å²) in [6, 6.07) is 9.58. The van der Waals surface area contributed by atoms with Crippen LogP contribution in [0.4, 0.5) is 17.1 Å². The largest absolute Gasteiger partial charge is 0.508 e. The molecule has 2 saturated heterocycles. The maximum Gasteiger partial charge on any atom is 0.135 e. The third kappa shape index (κ3) is 4.65. The van der Waals surface area contributed by atoms with Crippen LogP contribution in [0.25, 0.3) is 16.6 Å². The van der Waals surface area contributed by atoms with Gasteiger partial charge in [-0.25, -0.2) is 9.51 Å². The van der Waals surface area contributed by atoms with Gasteiger partial charge in [0.1, 0.15) is 11.6 Å². The number of pyridine rings is 1. The third-order valence-electron chi connectivity index (χ3n) is 7.43. The molecule has 0 amide bonds. The number of benzene rings is 1. The van der Waals surface area contributed by atoms with Crippen molar-refractivity contribution in [1.29, 1.82) is 0 Å². The van der Waals surface area contributed by atoms with E-state index >= 15 is 0 Å². The van der Waals surface area contributed by atoms with Crippen LogP contribution in [0.2, 0.25) is 0 Å². The summed E-state index contributed by atoms with van der Waals surface area (Å²) in [6.45, 7) is 5.52. The number of phenolic OH excluding ortho intramolecular Hbond substituents is 1. The summed E-state index contributed by atoms with van der Waals surface area (Å²) in [6.07, 6.45) is 11.7. The second-order valence-electron chi connectivity index (χ2n) is 9.95. The molecule has 2 fully saturated rings. The van der Waals surface area contributed by atoms with E-state index in [9.17, 15) is 5.11 Å². The van der Waals surface area contributed by atoms with Crippen molar-refractivity contribution in [3.63, 3.8) is 0 Å². The van der Waals surface area contributed by atoms with Crippen LogP contribution in [0.15, 0.2) is 60.1 Å². The highest BCUT2D eigenvalue weighted by Crippen LogP contribution is 2.36. The molecule has 0 aliphatic carbocycles. The van der Waals surface area contributed by atoms with Crippen LogP contribution in [-0.2, 0) is 11.2 Å². The summed E-state index contributed by atoms with van der Waals surface area (Å²) in [5.41, 5.74) is 14.2. The summed E-state index contributed by atoms with van der Waals surface area (Å²) >= 11 is 0. The van der Waals surface area contributed by atoms with Gasteiger partial charge in [-0.15, -0.1) is 0 Å². The summed E-state index contributed by atoms with van der Waals surface area (Å²) in [4.78, 5) is 11.6. The molecule has 196 valence electrons. The Morgan fingerprint density at radius 2 is 2.08 bits per heavy atom. The Labute approximate surface area is 222 Å². The Morgan fingerprint density at radius 3 is 2.87 bits per heavy atom. The maximum atomic E-state index is 9.90. The summed E-state index contributed by atoms with van der Waals surface area (Å²) < 4.78 is 7.53. The highest BCUT2D eigenvalue weighted by atomic mass is 16.5. The fraction of sp³-hybridized carbons (Fsp3) is 0.345. The summed E-state index contributed by atoms with van der Waals surface area (Å²) in [5, 5.41) is 18.3. The van der Waals surface area contributed by atoms with Gasteiger partial charge in [-0.1, -0.05) is 6.92 Å². The number of aromatic hydroxyl groups is 1. The van der Waals surface area contributed by atoms with Crippen molar-refractivity contribution >= 4 is 28.4 Å². The first-order chi connectivity index (χ1) is 18.6. The van der Waals surface area contributed by atoms with E-state index in [-0.39, 0.29) is 11.8 Å². The minimum absolute atomic E-state index is 0.171. The number of aliphatic imine (C=N–C) groups is 1. The number of nitrogens with two attached hydrogens (primary N) is 1. The van der Waals surface area contributed by atoms with E-state index < -0.39 is 0 Å². The average Bonchev–Trinajstić information content (AvgIpc) is 3.72. The molecule has 4 aromatic rings. The normalized spacial score (nSPS) is 18.0. The summed E-state index contributed by atoms with van der Waals surface area (Å²) in [7, 11) is 0. The molecule has 1 aromatic carbocycles. The molecule has 2 aliphatic rings. The number of aryl methyl sites for hydroxylation is 1. The van der Waals surface area contributed by atoms with Crippen molar-refractivity contribution in [1.82, 2.24) is 14.6 Å². The lowest BCUT2D eigenvalue weighted by molar-refractivity contribution is 0.195. The van der Waals surface area contributed by atoms with Gasteiger partial charge >= 0.3 is 0 Å². The van der Waals surface area contributed by atoms with Crippen LogP contribution in [0.5, 0.6) is 5.75 Å². The quantitative estimate of drug-likeness (QED) is 0.247. The van der Waals surface area contributed by atoms with Crippen LogP contribution in [-0.4, -0.2) is 57.9 Å². The predicted octanol–water partition coefficient (Wildman–Crippen LogP) is 4.50. The molecule has 0 radical (unpaired) electrons. The van der Waals surface area contributed by atoms with Crippen LogP contribution < -0.4 is 16.0 Å². The van der Waals surface area contributed by atoms with Gasteiger partial charge in [0, 0.05) is 55.1 Å². The predicted molar refractivity (Wildman–Crippen MR) is 151 cm³/mol. The SMILES string of the molecule is CCc1cc(O)ccc1/N=C(\N)c1cnn2cc(-c3cnccc3N3CCCC3)cc2c1NC1CCOC1. The molecule has 3 aromatic heterocycles. The van der Waals surface area contributed by atoms with E-state index in [4.69, 9.17) is 20.6 Å². The Balaban J connectivity index is 1.46. The first kappa shape index (κ1) is 24.2. The number of rotatable bonds is 7. The Bertz CT molecular complexity index is 1480. The molecule has 38 heavy (non-hydrogen) atoms. The number of nitrogens with one attached hydrogen (secondary N) is 1. The van der Waals surface area contributed by atoms with Crippen molar-refractivity contribution in [3.05, 3.63) is 66.2 Å². The Hall–Kier alpha value is -4.11. The molecule has 0 saturated carbocycles. The molecule has 1 atom stereocenters. The van der Waals surface area contributed by atoms with Gasteiger partial charge in [0.15, 0.2) is 0 Å². The van der Waals surface area contributed by atoms with E-state index in [2.05, 4.69) is 33.5 Å². The summed E-state index contributed by atoms with van der Waals surface area (Å²) in [5.74, 6) is 0.583. The maximum absolute atomic E-state index is 9.90. The van der Waals surface area contributed by atoms with Gasteiger partial charge in [0.25, 0.3) is 0 Å². The smallest absolute Gasteiger partial charge is 0.135 e. The number of ether oxygens (including phenoxy) is 1. The molecule has 5 heterocycles. The van der Waals surface area contributed by atoms with Gasteiger partial charge in [0.2, 0.25) is 0 Å². The lowest BCUT2D eigenvalue weighted by Gasteiger charge is -2.20. The van der Waals surface area contributed by atoms with Gasteiger partial charge in [-0.2, -0.15) is 5.10 Å². The average molecular weight is 512 g/mol. The van der Waals surface area contributed by atoms with E-state index in [0.29, 0.717) is 12.4 Å². The molecule has 0 bridgehead atoms. The monoisotopic (exact) mass is 511 g/mol. The molecule has 4 N–H and O–H groups in total. The van der Waals surface area contributed by atoms with Crippen LogP contribution in [0, 0.1) is 0 Å². The zero-order valence-corrected chi connectivity index (χ0v) is 21.6. The molecular weight excluding hydrogens is 478 g/mol. The Morgan fingerprint density at radius 1 is 1.21 bits per heavy atom. The van der Waals surface area contributed by atoms with Gasteiger partial charge < -0.3 is 25.8 Å². The highest BCUT2D eigenvalue weighted by molar-refractivity contribution is 6.06. The zero-order chi connectivity index (χ0) is 26.1.